The van der Waals surface area contributed by atoms with Gasteiger partial charge in [0.05, 0.1) is 0 Å². The van der Waals surface area contributed by atoms with Crippen LogP contribution in [0.2, 0.25) is 0 Å². The molecule has 0 spiro atoms. The molecular formula is C22H31NO3. The zero-order chi connectivity index (χ0) is 18.1. The first-order valence-electron chi connectivity index (χ1n) is 10.2. The summed E-state index contributed by atoms with van der Waals surface area (Å²) in [4.78, 5) is 11.7. The van der Waals surface area contributed by atoms with Crippen molar-refractivity contribution in [2.45, 2.75) is 70.3 Å². The maximum atomic E-state index is 11.7. The summed E-state index contributed by atoms with van der Waals surface area (Å²) in [6, 6.07) is 7.14. The molecule has 1 saturated heterocycles. The molecule has 4 nitrogen and oxygen atoms in total. The van der Waals surface area contributed by atoms with Gasteiger partial charge in [0, 0.05) is 17.9 Å². The Kier molecular flexibility index (Phi) is 4.96. The van der Waals surface area contributed by atoms with E-state index in [0.717, 1.165) is 24.6 Å². The van der Waals surface area contributed by atoms with Gasteiger partial charge in [-0.3, -0.25) is 4.79 Å². The topological polar surface area (TPSA) is 47.6 Å². The molecule has 1 N–H and O–H groups in total. The van der Waals surface area contributed by atoms with E-state index in [2.05, 4.69) is 17.4 Å². The molecule has 142 valence electrons. The van der Waals surface area contributed by atoms with Crippen molar-refractivity contribution >= 4 is 5.97 Å². The monoisotopic (exact) mass is 357 g/mol. The maximum absolute atomic E-state index is 11.7. The van der Waals surface area contributed by atoms with Crippen molar-refractivity contribution in [1.29, 1.82) is 0 Å². The second-order valence-corrected chi connectivity index (χ2v) is 8.72. The quantitative estimate of drug-likeness (QED) is 0.640. The van der Waals surface area contributed by atoms with Crippen LogP contribution in [-0.4, -0.2) is 25.3 Å². The van der Waals surface area contributed by atoms with E-state index >= 15 is 0 Å². The zero-order valence-electron chi connectivity index (χ0n) is 16.1. The van der Waals surface area contributed by atoms with Gasteiger partial charge in [0.1, 0.15) is 5.75 Å². The number of hydrogen-bond acceptors (Lipinski definition) is 4. The Hall–Kier alpha value is -1.55. The van der Waals surface area contributed by atoms with Crippen LogP contribution in [-0.2, 0) is 21.4 Å². The van der Waals surface area contributed by atoms with Gasteiger partial charge in [-0.2, -0.15) is 0 Å². The van der Waals surface area contributed by atoms with Gasteiger partial charge >= 0.3 is 5.97 Å². The van der Waals surface area contributed by atoms with Gasteiger partial charge < -0.3 is 14.8 Å². The zero-order valence-corrected chi connectivity index (χ0v) is 16.1. The van der Waals surface area contributed by atoms with E-state index in [1.54, 1.807) is 0 Å². The van der Waals surface area contributed by atoms with E-state index in [-0.39, 0.29) is 12.8 Å². The number of esters is 1. The van der Waals surface area contributed by atoms with Crippen molar-refractivity contribution in [2.75, 3.05) is 13.3 Å². The van der Waals surface area contributed by atoms with Crippen LogP contribution in [0.4, 0.5) is 0 Å². The van der Waals surface area contributed by atoms with E-state index in [9.17, 15) is 4.79 Å². The number of carbonyl (C=O) groups is 1. The SMILES string of the molecule is CC(C)CC(=O)OCOc1ccc2c(c1)[C@]13CCCC[C@@H]1[C@H](C2)NCC3. The van der Waals surface area contributed by atoms with Crippen molar-refractivity contribution in [3.63, 3.8) is 0 Å². The van der Waals surface area contributed by atoms with Gasteiger partial charge in [0.15, 0.2) is 0 Å². The molecule has 4 heteroatoms. The fourth-order valence-corrected chi connectivity index (χ4v) is 5.55. The number of fused-ring (bicyclic) bond motifs is 1. The highest BCUT2D eigenvalue weighted by atomic mass is 16.7. The summed E-state index contributed by atoms with van der Waals surface area (Å²) in [7, 11) is 0. The molecule has 0 aromatic heterocycles. The molecule has 0 unspecified atom stereocenters. The Morgan fingerprint density at radius 2 is 2.19 bits per heavy atom. The number of ether oxygens (including phenoxy) is 2. The van der Waals surface area contributed by atoms with E-state index < -0.39 is 0 Å². The lowest BCUT2D eigenvalue weighted by Gasteiger charge is -2.56. The highest BCUT2D eigenvalue weighted by molar-refractivity contribution is 5.69. The lowest BCUT2D eigenvalue weighted by Crippen LogP contribution is -2.59. The molecule has 1 aromatic rings. The summed E-state index contributed by atoms with van der Waals surface area (Å²) in [6.07, 6.45) is 8.14. The van der Waals surface area contributed by atoms with Crippen LogP contribution in [0.5, 0.6) is 5.75 Å². The maximum Gasteiger partial charge on any atom is 0.308 e. The van der Waals surface area contributed by atoms with E-state index in [1.165, 1.54) is 43.2 Å². The fraction of sp³-hybridized carbons (Fsp3) is 0.682. The molecule has 1 aliphatic heterocycles. The van der Waals surface area contributed by atoms with E-state index in [1.807, 2.05) is 19.9 Å². The van der Waals surface area contributed by atoms with Crippen molar-refractivity contribution in [3.8, 4) is 5.75 Å². The molecule has 0 amide bonds. The predicted octanol–water partition coefficient (Wildman–Crippen LogP) is 3.96. The van der Waals surface area contributed by atoms with E-state index in [4.69, 9.17) is 9.47 Å². The van der Waals surface area contributed by atoms with Crippen LogP contribution < -0.4 is 10.1 Å². The van der Waals surface area contributed by atoms with Gasteiger partial charge in [-0.25, -0.2) is 0 Å². The molecule has 3 aliphatic rings. The molecule has 2 bridgehead atoms. The third-order valence-corrected chi connectivity index (χ3v) is 6.64. The number of carbonyl (C=O) groups excluding carboxylic acids is 1. The summed E-state index contributed by atoms with van der Waals surface area (Å²) in [5.41, 5.74) is 3.31. The Morgan fingerprint density at radius 3 is 3.04 bits per heavy atom. The highest BCUT2D eigenvalue weighted by Gasteiger charge is 2.51. The summed E-state index contributed by atoms with van der Waals surface area (Å²) in [5.74, 6) is 1.71. The number of piperidine rings is 1. The molecule has 0 radical (unpaired) electrons. The summed E-state index contributed by atoms with van der Waals surface area (Å²) >= 11 is 0. The first-order valence-corrected chi connectivity index (χ1v) is 10.2. The Labute approximate surface area is 156 Å². The first-order chi connectivity index (χ1) is 12.6. The largest absolute Gasteiger partial charge is 0.457 e. The number of nitrogens with one attached hydrogen (secondary N) is 1. The second-order valence-electron chi connectivity index (χ2n) is 8.72. The van der Waals surface area contributed by atoms with Gasteiger partial charge in [0.2, 0.25) is 6.79 Å². The van der Waals surface area contributed by atoms with Gasteiger partial charge in [0.25, 0.3) is 0 Å². The summed E-state index contributed by atoms with van der Waals surface area (Å²) in [5, 5.41) is 3.77. The lowest BCUT2D eigenvalue weighted by molar-refractivity contribution is -0.151. The van der Waals surface area contributed by atoms with Crippen molar-refractivity contribution in [3.05, 3.63) is 29.3 Å². The Morgan fingerprint density at radius 1 is 1.31 bits per heavy atom. The predicted molar refractivity (Wildman–Crippen MR) is 101 cm³/mol. The third-order valence-electron chi connectivity index (χ3n) is 6.64. The van der Waals surface area contributed by atoms with Crippen LogP contribution in [0.3, 0.4) is 0 Å². The number of hydrogen-bond donors (Lipinski definition) is 1. The average molecular weight is 357 g/mol. The van der Waals surface area contributed by atoms with Crippen molar-refractivity contribution in [2.24, 2.45) is 11.8 Å². The van der Waals surface area contributed by atoms with Gasteiger partial charge in [-0.15, -0.1) is 0 Å². The summed E-state index contributed by atoms with van der Waals surface area (Å²) in [6.45, 7) is 5.15. The lowest BCUT2D eigenvalue weighted by atomic mass is 9.53. The molecule has 26 heavy (non-hydrogen) atoms. The van der Waals surface area contributed by atoms with E-state index in [0.29, 0.717) is 23.8 Å². The van der Waals surface area contributed by atoms with Gasteiger partial charge in [-0.05, 0) is 67.3 Å². The molecule has 1 heterocycles. The van der Waals surface area contributed by atoms with Crippen LogP contribution >= 0.6 is 0 Å². The standard InChI is InChI=1S/C22H31NO3/c1-15(2)11-21(24)26-14-25-17-7-6-16-12-20-18-5-3-4-8-22(18,9-10-23-20)19(16)13-17/h6-7,13,15,18,20,23H,3-5,8-12,14H2,1-2H3/t18-,20+,22+/m1/s1. The Balaban J connectivity index is 1.50. The third kappa shape index (κ3) is 3.24. The number of rotatable bonds is 5. The minimum atomic E-state index is -0.190. The normalized spacial score (nSPS) is 29.7. The van der Waals surface area contributed by atoms with Crippen LogP contribution in [0, 0.1) is 11.8 Å². The minimum Gasteiger partial charge on any atom is -0.457 e. The molecular weight excluding hydrogens is 326 g/mol. The van der Waals surface area contributed by atoms with Crippen LogP contribution in [0.15, 0.2) is 18.2 Å². The van der Waals surface area contributed by atoms with Crippen LogP contribution in [0.25, 0.3) is 0 Å². The molecule has 2 fully saturated rings. The molecule has 1 aromatic carbocycles. The molecule has 3 atom stereocenters. The first kappa shape index (κ1) is 17.8. The molecule has 1 saturated carbocycles. The number of benzene rings is 1. The molecule has 4 rings (SSSR count). The summed E-state index contributed by atoms with van der Waals surface area (Å²) < 4.78 is 11.0. The second kappa shape index (κ2) is 7.22. The van der Waals surface area contributed by atoms with Crippen molar-refractivity contribution < 1.29 is 14.3 Å². The van der Waals surface area contributed by atoms with Crippen LogP contribution in [0.1, 0.15) is 63.5 Å². The highest BCUT2D eigenvalue weighted by Crippen LogP contribution is 2.54. The van der Waals surface area contributed by atoms with Gasteiger partial charge in [-0.1, -0.05) is 32.8 Å². The smallest absolute Gasteiger partial charge is 0.308 e. The fourth-order valence-electron chi connectivity index (χ4n) is 5.55. The minimum absolute atomic E-state index is 0.00491. The van der Waals surface area contributed by atoms with Crippen molar-refractivity contribution in [1.82, 2.24) is 5.32 Å². The Bertz CT molecular complexity index is 667. The average Bonchev–Trinajstić information content (AvgIpc) is 2.61. The molecule has 2 aliphatic carbocycles.